The molecule has 18 heavy (non-hydrogen) atoms. The van der Waals surface area contributed by atoms with Crippen molar-refractivity contribution in [1.82, 2.24) is 0 Å². The number of hydrogen-bond donors (Lipinski definition) is 1. The maximum atomic E-state index is 9.47. The van der Waals surface area contributed by atoms with Crippen LogP contribution in [0, 0.1) is 0 Å². The standard InChI is InChI=1S/C14H16BrNOS/c1-10(17)12-3-5-13(6-4-12)16(2)8-11-7-14(15)18-9-11/h3-7,9-10,17H,8H2,1-2H3. The van der Waals surface area contributed by atoms with Crippen molar-refractivity contribution in [2.45, 2.75) is 19.6 Å². The first-order valence-electron chi connectivity index (χ1n) is 5.78. The lowest BCUT2D eigenvalue weighted by molar-refractivity contribution is 0.199. The van der Waals surface area contributed by atoms with Gasteiger partial charge in [0.25, 0.3) is 0 Å². The smallest absolute Gasteiger partial charge is 0.0761 e. The van der Waals surface area contributed by atoms with Crippen LogP contribution in [-0.4, -0.2) is 12.2 Å². The molecular weight excluding hydrogens is 310 g/mol. The van der Waals surface area contributed by atoms with E-state index < -0.39 is 6.10 Å². The van der Waals surface area contributed by atoms with Crippen LogP contribution in [0.15, 0.2) is 39.5 Å². The highest BCUT2D eigenvalue weighted by atomic mass is 79.9. The largest absolute Gasteiger partial charge is 0.389 e. The highest BCUT2D eigenvalue weighted by Crippen LogP contribution is 2.24. The van der Waals surface area contributed by atoms with Crippen LogP contribution < -0.4 is 4.90 Å². The fourth-order valence-electron chi connectivity index (χ4n) is 1.80. The summed E-state index contributed by atoms with van der Waals surface area (Å²) in [5.41, 5.74) is 3.40. The predicted molar refractivity (Wildman–Crippen MR) is 81.2 cm³/mol. The van der Waals surface area contributed by atoms with E-state index in [1.165, 1.54) is 5.56 Å². The van der Waals surface area contributed by atoms with Gasteiger partial charge in [0.15, 0.2) is 0 Å². The van der Waals surface area contributed by atoms with Crippen molar-refractivity contribution in [2.75, 3.05) is 11.9 Å². The third kappa shape index (κ3) is 3.34. The van der Waals surface area contributed by atoms with Crippen molar-refractivity contribution >= 4 is 33.0 Å². The Morgan fingerprint density at radius 1 is 1.33 bits per heavy atom. The zero-order chi connectivity index (χ0) is 13.1. The molecule has 1 aromatic carbocycles. The number of thiophene rings is 1. The molecule has 2 nitrogen and oxygen atoms in total. The molecule has 0 aliphatic carbocycles. The van der Waals surface area contributed by atoms with E-state index in [1.54, 1.807) is 18.3 Å². The second-order valence-corrected chi connectivity index (χ2v) is 6.67. The van der Waals surface area contributed by atoms with E-state index in [2.05, 4.69) is 39.3 Å². The lowest BCUT2D eigenvalue weighted by Gasteiger charge is -2.19. The normalized spacial score (nSPS) is 12.4. The predicted octanol–water partition coefficient (Wildman–Crippen LogP) is 4.20. The van der Waals surface area contributed by atoms with E-state index in [1.807, 2.05) is 24.3 Å². The van der Waals surface area contributed by atoms with E-state index in [9.17, 15) is 5.11 Å². The molecule has 1 atom stereocenters. The number of nitrogens with zero attached hydrogens (tertiary/aromatic N) is 1. The molecule has 1 unspecified atom stereocenters. The highest BCUT2D eigenvalue weighted by Gasteiger charge is 2.05. The minimum absolute atomic E-state index is 0.405. The quantitative estimate of drug-likeness (QED) is 0.910. The van der Waals surface area contributed by atoms with Gasteiger partial charge in [0, 0.05) is 19.3 Å². The van der Waals surface area contributed by atoms with Crippen molar-refractivity contribution < 1.29 is 5.11 Å². The zero-order valence-corrected chi connectivity index (χ0v) is 12.8. The minimum Gasteiger partial charge on any atom is -0.389 e. The van der Waals surface area contributed by atoms with E-state index in [0.29, 0.717) is 0 Å². The van der Waals surface area contributed by atoms with Crippen LogP contribution in [0.3, 0.4) is 0 Å². The average molecular weight is 326 g/mol. The molecule has 0 saturated carbocycles. The Hall–Kier alpha value is -0.840. The summed E-state index contributed by atoms with van der Waals surface area (Å²) in [4.78, 5) is 2.19. The van der Waals surface area contributed by atoms with E-state index >= 15 is 0 Å². The van der Waals surface area contributed by atoms with E-state index in [0.717, 1.165) is 21.6 Å². The maximum absolute atomic E-state index is 9.47. The van der Waals surface area contributed by atoms with Crippen molar-refractivity contribution in [3.8, 4) is 0 Å². The molecule has 0 aliphatic heterocycles. The summed E-state index contributed by atoms with van der Waals surface area (Å²) in [5.74, 6) is 0. The molecule has 0 radical (unpaired) electrons. The van der Waals surface area contributed by atoms with Gasteiger partial charge >= 0.3 is 0 Å². The van der Waals surface area contributed by atoms with Crippen LogP contribution in [0.4, 0.5) is 5.69 Å². The molecule has 0 spiro atoms. The number of aliphatic hydroxyl groups is 1. The van der Waals surface area contributed by atoms with Gasteiger partial charge in [-0.1, -0.05) is 12.1 Å². The molecule has 0 fully saturated rings. The lowest BCUT2D eigenvalue weighted by Crippen LogP contribution is -2.15. The Morgan fingerprint density at radius 3 is 2.50 bits per heavy atom. The summed E-state index contributed by atoms with van der Waals surface area (Å²) in [6.07, 6.45) is -0.405. The van der Waals surface area contributed by atoms with Crippen LogP contribution in [0.25, 0.3) is 0 Å². The topological polar surface area (TPSA) is 23.5 Å². The van der Waals surface area contributed by atoms with Gasteiger partial charge in [-0.3, -0.25) is 0 Å². The molecular formula is C14H16BrNOS. The Morgan fingerprint density at radius 2 is 2.00 bits per heavy atom. The summed E-state index contributed by atoms with van der Waals surface area (Å²) in [7, 11) is 2.07. The number of halogens is 1. The monoisotopic (exact) mass is 325 g/mol. The third-order valence-electron chi connectivity index (χ3n) is 2.86. The van der Waals surface area contributed by atoms with Gasteiger partial charge < -0.3 is 10.0 Å². The van der Waals surface area contributed by atoms with Gasteiger partial charge in [-0.2, -0.15) is 0 Å². The molecule has 96 valence electrons. The molecule has 1 heterocycles. The van der Waals surface area contributed by atoms with E-state index in [-0.39, 0.29) is 0 Å². The SMILES string of the molecule is CC(O)c1ccc(N(C)Cc2csc(Br)c2)cc1. The zero-order valence-electron chi connectivity index (χ0n) is 10.4. The summed E-state index contributed by atoms with van der Waals surface area (Å²) in [6.45, 7) is 2.66. The molecule has 1 aromatic heterocycles. The Balaban J connectivity index is 2.06. The number of rotatable bonds is 4. The summed E-state index contributed by atoms with van der Waals surface area (Å²) in [5, 5.41) is 11.6. The average Bonchev–Trinajstić information content (AvgIpc) is 2.75. The molecule has 0 aliphatic rings. The molecule has 0 saturated heterocycles. The van der Waals surface area contributed by atoms with Crippen LogP contribution in [-0.2, 0) is 6.54 Å². The van der Waals surface area contributed by atoms with Gasteiger partial charge in [0.2, 0.25) is 0 Å². The van der Waals surface area contributed by atoms with Crippen molar-refractivity contribution in [1.29, 1.82) is 0 Å². The number of aliphatic hydroxyl groups excluding tert-OH is 1. The van der Waals surface area contributed by atoms with Gasteiger partial charge in [0.05, 0.1) is 9.89 Å². The van der Waals surface area contributed by atoms with Crippen LogP contribution in [0.1, 0.15) is 24.2 Å². The van der Waals surface area contributed by atoms with Crippen LogP contribution in [0.2, 0.25) is 0 Å². The van der Waals surface area contributed by atoms with Gasteiger partial charge in [-0.05, 0) is 57.6 Å². The maximum Gasteiger partial charge on any atom is 0.0761 e. The highest BCUT2D eigenvalue weighted by molar-refractivity contribution is 9.11. The Kier molecular flexibility index (Phi) is 4.43. The molecule has 2 rings (SSSR count). The molecule has 0 amide bonds. The first-order chi connectivity index (χ1) is 8.56. The Labute approximate surface area is 120 Å². The number of anilines is 1. The molecule has 1 N–H and O–H groups in total. The second-order valence-electron chi connectivity index (χ2n) is 4.38. The fourth-order valence-corrected chi connectivity index (χ4v) is 3.00. The van der Waals surface area contributed by atoms with Crippen LogP contribution >= 0.6 is 27.3 Å². The van der Waals surface area contributed by atoms with Crippen LogP contribution in [0.5, 0.6) is 0 Å². The van der Waals surface area contributed by atoms with Gasteiger partial charge in [-0.15, -0.1) is 11.3 Å². The second kappa shape index (κ2) is 5.87. The van der Waals surface area contributed by atoms with Crippen molar-refractivity contribution in [2.24, 2.45) is 0 Å². The molecule has 2 aromatic rings. The summed E-state index contributed by atoms with van der Waals surface area (Å²) in [6, 6.07) is 10.2. The van der Waals surface area contributed by atoms with Crippen molar-refractivity contribution in [3.63, 3.8) is 0 Å². The van der Waals surface area contributed by atoms with Gasteiger partial charge in [0.1, 0.15) is 0 Å². The molecule has 0 bridgehead atoms. The summed E-state index contributed by atoms with van der Waals surface area (Å²) >= 11 is 5.18. The minimum atomic E-state index is -0.405. The number of hydrogen-bond acceptors (Lipinski definition) is 3. The lowest BCUT2D eigenvalue weighted by atomic mass is 10.1. The third-order valence-corrected chi connectivity index (χ3v) is 4.41. The first kappa shape index (κ1) is 13.6. The summed E-state index contributed by atoms with van der Waals surface area (Å²) < 4.78 is 1.16. The van der Waals surface area contributed by atoms with E-state index in [4.69, 9.17) is 0 Å². The fraction of sp³-hybridized carbons (Fsp3) is 0.286. The first-order valence-corrected chi connectivity index (χ1v) is 7.45. The Bertz CT molecular complexity index is 507. The van der Waals surface area contributed by atoms with Crippen molar-refractivity contribution in [3.05, 3.63) is 50.6 Å². The van der Waals surface area contributed by atoms with Gasteiger partial charge in [-0.25, -0.2) is 0 Å². The molecule has 4 heteroatoms. The number of benzene rings is 1.